The molecule has 0 bridgehead atoms. The second-order valence-electron chi connectivity index (χ2n) is 15.1. The molecule has 0 atom stereocenters. The average molecular weight is 599 g/mol. The summed E-state index contributed by atoms with van der Waals surface area (Å²) in [6, 6.07) is 8.24. The van der Waals surface area contributed by atoms with Gasteiger partial charge in [0, 0.05) is 19.3 Å². The fourth-order valence-corrected chi connectivity index (χ4v) is 5.78. The number of amides is 1. The highest BCUT2D eigenvalue weighted by molar-refractivity contribution is 6.74. The van der Waals surface area contributed by atoms with E-state index in [-0.39, 0.29) is 27.1 Å². The SMILES string of the molecule is CC(=O)NC1(c2ccc(CO[Si](C)(C)C(C)(C)C)cn2)CC1.CC(C)(C)[Si](C)(C)OCc1ccc(C2(N)CC2)nc1. The van der Waals surface area contributed by atoms with Crippen molar-refractivity contribution in [3.05, 3.63) is 59.2 Å². The summed E-state index contributed by atoms with van der Waals surface area (Å²) in [6.45, 7) is 25.4. The molecule has 1 amide bonds. The minimum absolute atomic E-state index is 0.00429. The third-order valence-electron chi connectivity index (χ3n) is 9.42. The van der Waals surface area contributed by atoms with E-state index in [2.05, 4.69) is 101 Å². The number of nitrogens with one attached hydrogen (secondary N) is 1. The molecular formula is C32H54N4O3Si2. The van der Waals surface area contributed by atoms with Gasteiger partial charge in [0.05, 0.1) is 35.7 Å². The largest absolute Gasteiger partial charge is 0.413 e. The van der Waals surface area contributed by atoms with Gasteiger partial charge in [-0.15, -0.1) is 0 Å². The number of hydrogen-bond donors (Lipinski definition) is 2. The second kappa shape index (κ2) is 12.0. The van der Waals surface area contributed by atoms with Gasteiger partial charge in [0.1, 0.15) is 0 Å². The van der Waals surface area contributed by atoms with E-state index in [1.165, 1.54) is 0 Å². The van der Waals surface area contributed by atoms with E-state index < -0.39 is 16.6 Å². The normalized spacial score (nSPS) is 17.8. The highest BCUT2D eigenvalue weighted by Crippen LogP contribution is 2.45. The number of carbonyl (C=O) groups is 1. The lowest BCUT2D eigenvalue weighted by Crippen LogP contribution is -2.40. The van der Waals surface area contributed by atoms with E-state index in [9.17, 15) is 4.79 Å². The maximum absolute atomic E-state index is 11.3. The van der Waals surface area contributed by atoms with Crippen LogP contribution in [-0.4, -0.2) is 32.5 Å². The zero-order valence-electron chi connectivity index (χ0n) is 27.4. The molecule has 3 N–H and O–H groups in total. The summed E-state index contributed by atoms with van der Waals surface area (Å²) in [7, 11) is -3.41. The molecule has 4 rings (SSSR count). The van der Waals surface area contributed by atoms with Crippen molar-refractivity contribution in [1.82, 2.24) is 15.3 Å². The molecule has 2 aliphatic carbocycles. The van der Waals surface area contributed by atoms with Crippen LogP contribution < -0.4 is 11.1 Å². The Kier molecular flexibility index (Phi) is 9.82. The van der Waals surface area contributed by atoms with Gasteiger partial charge in [-0.2, -0.15) is 0 Å². The van der Waals surface area contributed by atoms with Gasteiger partial charge in [-0.3, -0.25) is 14.8 Å². The van der Waals surface area contributed by atoms with Crippen molar-refractivity contribution in [2.45, 2.75) is 135 Å². The van der Waals surface area contributed by atoms with Gasteiger partial charge in [-0.1, -0.05) is 53.7 Å². The standard InChI is InChI=1S/C17H28N2O2Si.C15H26N2OSi/c1-13(20)19-17(9-10-17)15-8-7-14(11-18-15)12-21-22(5,6)16(2,3)4;1-14(2,3)19(4,5)18-11-12-6-7-13(17-10-12)15(16)8-9-15/h7-8,11H,9-10,12H2,1-6H3,(H,19,20);6-7,10H,8-9,11,16H2,1-5H3. The van der Waals surface area contributed by atoms with Crippen LogP contribution in [0.25, 0.3) is 0 Å². The van der Waals surface area contributed by atoms with Crippen molar-refractivity contribution in [2.24, 2.45) is 5.73 Å². The zero-order valence-corrected chi connectivity index (χ0v) is 29.4. The number of nitrogens with zero attached hydrogens (tertiary/aromatic N) is 2. The van der Waals surface area contributed by atoms with Gasteiger partial charge in [-0.25, -0.2) is 0 Å². The van der Waals surface area contributed by atoms with E-state index in [4.69, 9.17) is 14.6 Å². The fraction of sp³-hybridized carbons (Fsp3) is 0.656. The van der Waals surface area contributed by atoms with Crippen molar-refractivity contribution in [3.63, 3.8) is 0 Å². The van der Waals surface area contributed by atoms with Crippen molar-refractivity contribution in [2.75, 3.05) is 0 Å². The van der Waals surface area contributed by atoms with Gasteiger partial charge in [0.2, 0.25) is 5.91 Å². The van der Waals surface area contributed by atoms with E-state index in [0.29, 0.717) is 13.2 Å². The first-order valence-corrected chi connectivity index (χ1v) is 20.8. The van der Waals surface area contributed by atoms with Crippen molar-refractivity contribution < 1.29 is 13.6 Å². The molecule has 0 aliphatic heterocycles. The van der Waals surface area contributed by atoms with Gasteiger partial charge >= 0.3 is 0 Å². The first-order valence-electron chi connectivity index (χ1n) is 15.0. The molecule has 0 aromatic carbocycles. The first-order chi connectivity index (χ1) is 18.7. The fourth-order valence-electron chi connectivity index (χ4n) is 3.86. The Balaban J connectivity index is 0.000000228. The quantitative estimate of drug-likeness (QED) is 0.294. The maximum Gasteiger partial charge on any atom is 0.217 e. The Morgan fingerprint density at radius 1 is 0.805 bits per heavy atom. The highest BCUT2D eigenvalue weighted by Gasteiger charge is 2.46. The minimum atomic E-state index is -1.73. The summed E-state index contributed by atoms with van der Waals surface area (Å²) in [6.07, 6.45) is 7.85. The number of aromatic nitrogens is 2. The predicted molar refractivity (Wildman–Crippen MR) is 172 cm³/mol. The number of carbonyl (C=O) groups excluding carboxylic acids is 1. The van der Waals surface area contributed by atoms with Crippen LogP contribution in [0.15, 0.2) is 36.7 Å². The second-order valence-corrected chi connectivity index (χ2v) is 24.7. The van der Waals surface area contributed by atoms with E-state index in [1.807, 2.05) is 18.5 Å². The van der Waals surface area contributed by atoms with Gasteiger partial charge < -0.3 is 19.9 Å². The van der Waals surface area contributed by atoms with Crippen LogP contribution in [0.4, 0.5) is 0 Å². The summed E-state index contributed by atoms with van der Waals surface area (Å²) in [5.41, 5.74) is 9.97. The third-order valence-corrected chi connectivity index (χ3v) is 18.4. The summed E-state index contributed by atoms with van der Waals surface area (Å²) in [5.74, 6) is 0.00429. The lowest BCUT2D eigenvalue weighted by molar-refractivity contribution is -0.120. The molecule has 0 radical (unpaired) electrons. The Morgan fingerprint density at radius 2 is 1.22 bits per heavy atom. The number of nitrogens with two attached hydrogens (primary N) is 1. The predicted octanol–water partition coefficient (Wildman–Crippen LogP) is 7.28. The Hall–Kier alpha value is -1.92. The molecule has 228 valence electrons. The molecule has 41 heavy (non-hydrogen) atoms. The summed E-state index contributed by atoms with van der Waals surface area (Å²) < 4.78 is 12.4. The molecule has 7 nitrogen and oxygen atoms in total. The van der Waals surface area contributed by atoms with Crippen LogP contribution in [0.2, 0.25) is 36.3 Å². The first kappa shape index (κ1) is 33.6. The topological polar surface area (TPSA) is 99.4 Å². The Bertz CT molecular complexity index is 1180. The summed E-state index contributed by atoms with van der Waals surface area (Å²) in [5, 5.41) is 3.47. The number of hydrogen-bond acceptors (Lipinski definition) is 6. The summed E-state index contributed by atoms with van der Waals surface area (Å²) >= 11 is 0. The van der Waals surface area contributed by atoms with Crippen LogP contribution in [0, 0.1) is 0 Å². The third kappa shape index (κ3) is 8.80. The molecular weight excluding hydrogens is 545 g/mol. The van der Waals surface area contributed by atoms with Gasteiger partial charge in [0.25, 0.3) is 0 Å². The molecule has 0 spiro atoms. The molecule has 2 aromatic heterocycles. The van der Waals surface area contributed by atoms with Gasteiger partial charge in [0.15, 0.2) is 16.6 Å². The van der Waals surface area contributed by atoms with Crippen LogP contribution in [0.5, 0.6) is 0 Å². The van der Waals surface area contributed by atoms with Crippen LogP contribution >= 0.6 is 0 Å². The Morgan fingerprint density at radius 3 is 1.51 bits per heavy atom. The molecule has 2 aromatic rings. The minimum Gasteiger partial charge on any atom is -0.413 e. The molecule has 2 heterocycles. The zero-order chi connectivity index (χ0) is 30.9. The number of pyridine rings is 2. The lowest BCUT2D eigenvalue weighted by Gasteiger charge is -2.36. The smallest absolute Gasteiger partial charge is 0.217 e. The van der Waals surface area contributed by atoms with Crippen molar-refractivity contribution >= 4 is 22.5 Å². The molecule has 2 fully saturated rings. The monoisotopic (exact) mass is 598 g/mol. The summed E-state index contributed by atoms with van der Waals surface area (Å²) in [4.78, 5) is 20.3. The van der Waals surface area contributed by atoms with Crippen LogP contribution in [0.1, 0.15) is 96.7 Å². The van der Waals surface area contributed by atoms with Crippen molar-refractivity contribution in [3.8, 4) is 0 Å². The van der Waals surface area contributed by atoms with E-state index in [0.717, 1.165) is 48.2 Å². The molecule has 0 saturated heterocycles. The maximum atomic E-state index is 11.3. The highest BCUT2D eigenvalue weighted by atomic mass is 28.4. The average Bonchev–Trinajstić information content (AvgIpc) is 3.79. The number of rotatable bonds is 9. The molecule has 9 heteroatoms. The van der Waals surface area contributed by atoms with Crippen LogP contribution in [0.3, 0.4) is 0 Å². The molecule has 0 unspecified atom stereocenters. The van der Waals surface area contributed by atoms with E-state index >= 15 is 0 Å². The Labute approximate surface area is 250 Å². The van der Waals surface area contributed by atoms with Gasteiger partial charge in [-0.05, 0) is 85.2 Å². The van der Waals surface area contributed by atoms with Crippen LogP contribution in [-0.2, 0) is 37.9 Å². The lowest BCUT2D eigenvalue weighted by atomic mass is 10.1. The van der Waals surface area contributed by atoms with Crippen molar-refractivity contribution in [1.29, 1.82) is 0 Å². The molecule has 2 aliphatic rings. The van der Waals surface area contributed by atoms with E-state index in [1.54, 1.807) is 6.92 Å². The molecule has 2 saturated carbocycles.